The summed E-state index contributed by atoms with van der Waals surface area (Å²) >= 11 is 0. The normalized spacial score (nSPS) is 22.8. The number of carbonyl (C=O) groups excluding carboxylic acids is 1. The lowest BCUT2D eigenvalue weighted by Gasteiger charge is -2.17. The molecule has 5 nitrogen and oxygen atoms in total. The van der Waals surface area contributed by atoms with Gasteiger partial charge in [-0.25, -0.2) is 4.79 Å². The number of ether oxygens (including phenoxy) is 1. The standard InChI is InChI=1S/C15H21N3O2/c1-20-15(19)13-8-10(2-5-14(13)16)17-11-6-7-18(9-11)12-3-4-12/h2,5,8,11-12,17H,3-4,6-7,9,16H2,1H3. The van der Waals surface area contributed by atoms with Crippen LogP contribution in [0.15, 0.2) is 18.2 Å². The molecule has 0 spiro atoms. The summed E-state index contributed by atoms with van der Waals surface area (Å²) in [6, 6.07) is 6.72. The van der Waals surface area contributed by atoms with E-state index in [9.17, 15) is 4.79 Å². The van der Waals surface area contributed by atoms with Crippen molar-refractivity contribution in [3.8, 4) is 0 Å². The van der Waals surface area contributed by atoms with Crippen molar-refractivity contribution in [2.24, 2.45) is 0 Å². The van der Waals surface area contributed by atoms with Crippen molar-refractivity contribution in [2.45, 2.75) is 31.3 Å². The van der Waals surface area contributed by atoms with Gasteiger partial charge in [-0.05, 0) is 37.5 Å². The molecule has 108 valence electrons. The lowest BCUT2D eigenvalue weighted by Crippen LogP contribution is -2.27. The maximum atomic E-state index is 11.6. The van der Waals surface area contributed by atoms with Crippen LogP contribution in [-0.2, 0) is 4.74 Å². The number of likely N-dealkylation sites (tertiary alicyclic amines) is 1. The summed E-state index contributed by atoms with van der Waals surface area (Å²) in [6.45, 7) is 2.25. The van der Waals surface area contributed by atoms with Gasteiger partial charge in [0.1, 0.15) is 0 Å². The van der Waals surface area contributed by atoms with Crippen LogP contribution >= 0.6 is 0 Å². The van der Waals surface area contributed by atoms with E-state index < -0.39 is 5.97 Å². The Bertz CT molecular complexity index is 514. The van der Waals surface area contributed by atoms with Gasteiger partial charge in [-0.15, -0.1) is 0 Å². The third kappa shape index (κ3) is 2.72. The molecule has 0 amide bonds. The first-order valence-electron chi connectivity index (χ1n) is 7.16. The third-order valence-electron chi connectivity index (χ3n) is 4.11. The van der Waals surface area contributed by atoms with Gasteiger partial charge >= 0.3 is 5.97 Å². The highest BCUT2D eigenvalue weighted by Gasteiger charge is 2.34. The zero-order chi connectivity index (χ0) is 14.1. The van der Waals surface area contributed by atoms with Gasteiger partial charge in [-0.3, -0.25) is 4.90 Å². The summed E-state index contributed by atoms with van der Waals surface area (Å²) in [6.07, 6.45) is 3.84. The van der Waals surface area contributed by atoms with Gasteiger partial charge in [0.05, 0.1) is 12.7 Å². The van der Waals surface area contributed by atoms with E-state index in [1.807, 2.05) is 6.07 Å². The molecule has 3 rings (SSSR count). The van der Waals surface area contributed by atoms with E-state index in [0.29, 0.717) is 17.3 Å². The van der Waals surface area contributed by atoms with E-state index in [1.165, 1.54) is 26.5 Å². The Balaban J connectivity index is 1.66. The number of benzene rings is 1. The van der Waals surface area contributed by atoms with Crippen molar-refractivity contribution >= 4 is 17.3 Å². The molecular formula is C15H21N3O2. The lowest BCUT2D eigenvalue weighted by atomic mass is 10.1. The molecule has 1 saturated carbocycles. The minimum absolute atomic E-state index is 0.392. The number of anilines is 2. The minimum Gasteiger partial charge on any atom is -0.465 e. The van der Waals surface area contributed by atoms with Crippen LogP contribution < -0.4 is 11.1 Å². The largest absolute Gasteiger partial charge is 0.465 e. The minimum atomic E-state index is -0.392. The van der Waals surface area contributed by atoms with E-state index in [4.69, 9.17) is 10.5 Å². The van der Waals surface area contributed by atoms with Crippen molar-refractivity contribution in [2.75, 3.05) is 31.2 Å². The van der Waals surface area contributed by atoms with Gasteiger partial charge in [0.2, 0.25) is 0 Å². The summed E-state index contributed by atoms with van der Waals surface area (Å²) in [5, 5.41) is 3.50. The van der Waals surface area contributed by atoms with Crippen molar-refractivity contribution in [3.63, 3.8) is 0 Å². The van der Waals surface area contributed by atoms with Crippen LogP contribution in [0.2, 0.25) is 0 Å². The van der Waals surface area contributed by atoms with Crippen LogP contribution in [-0.4, -0.2) is 43.2 Å². The topological polar surface area (TPSA) is 67.6 Å². The van der Waals surface area contributed by atoms with Crippen molar-refractivity contribution < 1.29 is 9.53 Å². The van der Waals surface area contributed by atoms with Crippen LogP contribution in [0.1, 0.15) is 29.6 Å². The van der Waals surface area contributed by atoms with E-state index in [2.05, 4.69) is 10.2 Å². The Labute approximate surface area is 119 Å². The molecule has 2 aliphatic rings. The van der Waals surface area contributed by atoms with Crippen molar-refractivity contribution in [1.82, 2.24) is 4.90 Å². The molecule has 1 heterocycles. The first-order chi connectivity index (χ1) is 9.67. The summed E-state index contributed by atoms with van der Waals surface area (Å²) in [4.78, 5) is 14.2. The molecule has 5 heteroatoms. The summed E-state index contributed by atoms with van der Waals surface area (Å²) in [5.41, 5.74) is 7.62. The molecular weight excluding hydrogens is 254 g/mol. The molecule has 1 aromatic rings. The Morgan fingerprint density at radius 3 is 2.90 bits per heavy atom. The average molecular weight is 275 g/mol. The molecule has 2 fully saturated rings. The fraction of sp³-hybridized carbons (Fsp3) is 0.533. The number of rotatable bonds is 4. The molecule has 3 N–H and O–H groups in total. The number of esters is 1. The van der Waals surface area contributed by atoms with Crippen molar-refractivity contribution in [3.05, 3.63) is 23.8 Å². The molecule has 20 heavy (non-hydrogen) atoms. The highest BCUT2D eigenvalue weighted by atomic mass is 16.5. The zero-order valence-corrected chi connectivity index (χ0v) is 11.8. The van der Waals surface area contributed by atoms with Crippen LogP contribution in [0.3, 0.4) is 0 Å². The second-order valence-electron chi connectivity index (χ2n) is 5.65. The number of nitrogen functional groups attached to an aromatic ring is 1. The number of methoxy groups -OCH3 is 1. The van der Waals surface area contributed by atoms with Gasteiger partial charge in [-0.2, -0.15) is 0 Å². The van der Waals surface area contributed by atoms with Crippen LogP contribution in [0.25, 0.3) is 0 Å². The maximum Gasteiger partial charge on any atom is 0.340 e. The molecule has 1 saturated heterocycles. The molecule has 1 unspecified atom stereocenters. The predicted molar refractivity (Wildman–Crippen MR) is 78.8 cm³/mol. The number of nitrogens with one attached hydrogen (secondary N) is 1. The first kappa shape index (κ1) is 13.2. The lowest BCUT2D eigenvalue weighted by molar-refractivity contribution is 0.0602. The smallest absolute Gasteiger partial charge is 0.340 e. The number of nitrogens with zero attached hydrogens (tertiary/aromatic N) is 1. The highest BCUT2D eigenvalue weighted by molar-refractivity contribution is 5.96. The molecule has 0 aromatic heterocycles. The second kappa shape index (κ2) is 5.32. The van der Waals surface area contributed by atoms with Crippen LogP contribution in [0.4, 0.5) is 11.4 Å². The third-order valence-corrected chi connectivity index (χ3v) is 4.11. The van der Waals surface area contributed by atoms with Gasteiger partial charge in [0.15, 0.2) is 0 Å². The molecule has 1 atom stereocenters. The van der Waals surface area contributed by atoms with Gasteiger partial charge in [0.25, 0.3) is 0 Å². The quantitative estimate of drug-likeness (QED) is 0.646. The number of hydrogen-bond donors (Lipinski definition) is 2. The van der Waals surface area contributed by atoms with Crippen molar-refractivity contribution in [1.29, 1.82) is 0 Å². The number of hydrogen-bond acceptors (Lipinski definition) is 5. The molecule has 1 aromatic carbocycles. The van der Waals surface area contributed by atoms with Gasteiger partial charge in [0, 0.05) is 36.5 Å². The SMILES string of the molecule is COC(=O)c1cc(NC2CCN(C3CC3)C2)ccc1N. The highest BCUT2D eigenvalue weighted by Crippen LogP contribution is 2.30. The summed E-state index contributed by atoms with van der Waals surface area (Å²) in [7, 11) is 1.37. The van der Waals surface area contributed by atoms with E-state index in [1.54, 1.807) is 12.1 Å². The maximum absolute atomic E-state index is 11.6. The van der Waals surface area contributed by atoms with E-state index in [-0.39, 0.29) is 0 Å². The number of nitrogens with two attached hydrogens (primary N) is 1. The number of carbonyl (C=O) groups is 1. The Morgan fingerprint density at radius 2 is 2.20 bits per heavy atom. The molecule has 0 radical (unpaired) electrons. The average Bonchev–Trinajstić information content (AvgIpc) is 3.21. The second-order valence-corrected chi connectivity index (χ2v) is 5.65. The summed E-state index contributed by atoms with van der Waals surface area (Å²) < 4.78 is 4.74. The van der Waals surface area contributed by atoms with E-state index in [0.717, 1.165) is 24.7 Å². The fourth-order valence-corrected chi connectivity index (χ4v) is 2.84. The van der Waals surface area contributed by atoms with Crippen LogP contribution in [0.5, 0.6) is 0 Å². The predicted octanol–water partition coefficient (Wildman–Crippen LogP) is 1.70. The van der Waals surface area contributed by atoms with Gasteiger partial charge in [-0.1, -0.05) is 0 Å². The Kier molecular flexibility index (Phi) is 3.53. The fourth-order valence-electron chi connectivity index (χ4n) is 2.84. The van der Waals surface area contributed by atoms with E-state index >= 15 is 0 Å². The first-order valence-corrected chi connectivity index (χ1v) is 7.16. The Morgan fingerprint density at radius 1 is 1.40 bits per heavy atom. The molecule has 1 aliphatic heterocycles. The molecule has 0 bridgehead atoms. The Hall–Kier alpha value is -1.75. The monoisotopic (exact) mass is 275 g/mol. The van der Waals surface area contributed by atoms with Gasteiger partial charge < -0.3 is 15.8 Å². The zero-order valence-electron chi connectivity index (χ0n) is 11.8. The molecule has 1 aliphatic carbocycles. The summed E-state index contributed by atoms with van der Waals surface area (Å²) in [5.74, 6) is -0.392. The van der Waals surface area contributed by atoms with Crippen LogP contribution in [0, 0.1) is 0 Å².